The summed E-state index contributed by atoms with van der Waals surface area (Å²) in [7, 11) is 0. The Kier molecular flexibility index (Phi) is 4.41. The van der Waals surface area contributed by atoms with Crippen molar-refractivity contribution in [2.24, 2.45) is 5.92 Å². The lowest BCUT2D eigenvalue weighted by Gasteiger charge is -2.18. The molecule has 0 aliphatic carbocycles. The lowest BCUT2D eigenvalue weighted by atomic mass is 9.91. The summed E-state index contributed by atoms with van der Waals surface area (Å²) in [4.78, 5) is 0. The van der Waals surface area contributed by atoms with Crippen LogP contribution < -0.4 is 0 Å². The van der Waals surface area contributed by atoms with Gasteiger partial charge in [0.15, 0.2) is 0 Å². The minimum absolute atomic E-state index is 0.239. The molecule has 1 aliphatic heterocycles. The van der Waals surface area contributed by atoms with Crippen LogP contribution in [-0.2, 0) is 11.2 Å². The number of rotatable bonds is 4. The van der Waals surface area contributed by atoms with Gasteiger partial charge in [-0.1, -0.05) is 17.7 Å². The predicted molar refractivity (Wildman–Crippen MR) is 73.9 cm³/mol. The number of hydrogen-bond donors (Lipinski definition) is 1. The van der Waals surface area contributed by atoms with Crippen molar-refractivity contribution in [2.45, 2.75) is 46.1 Å². The molecule has 2 rings (SSSR count). The van der Waals surface area contributed by atoms with Gasteiger partial charge in [0, 0.05) is 13.2 Å². The number of hydrogen-bond acceptors (Lipinski definition) is 2. The Morgan fingerprint density at radius 2 is 1.94 bits per heavy atom. The SMILES string of the molecule is Cc1cc(C)c(CC(O)CC2CCOC2)c(C)c1. The number of aliphatic hydroxyl groups is 1. The first-order valence-electron chi connectivity index (χ1n) is 6.89. The molecular weight excluding hydrogens is 224 g/mol. The minimum atomic E-state index is -0.239. The summed E-state index contributed by atoms with van der Waals surface area (Å²) in [5.41, 5.74) is 5.21. The average molecular weight is 248 g/mol. The van der Waals surface area contributed by atoms with Gasteiger partial charge in [-0.15, -0.1) is 0 Å². The topological polar surface area (TPSA) is 29.5 Å². The molecule has 1 aromatic rings. The molecule has 2 atom stereocenters. The zero-order chi connectivity index (χ0) is 13.1. The van der Waals surface area contributed by atoms with Gasteiger partial charge in [0.2, 0.25) is 0 Å². The van der Waals surface area contributed by atoms with E-state index in [9.17, 15) is 5.11 Å². The van der Waals surface area contributed by atoms with Gasteiger partial charge in [-0.2, -0.15) is 0 Å². The Bertz CT molecular complexity index is 383. The lowest BCUT2D eigenvalue weighted by molar-refractivity contribution is 0.128. The number of aryl methyl sites for hydroxylation is 3. The fraction of sp³-hybridized carbons (Fsp3) is 0.625. The third-order valence-corrected chi connectivity index (χ3v) is 3.91. The standard InChI is InChI=1S/C16H24O2/c1-11-6-12(2)16(13(3)7-11)9-15(17)8-14-4-5-18-10-14/h6-7,14-15,17H,4-5,8-10H2,1-3H3. The van der Waals surface area contributed by atoms with Crippen LogP contribution in [0.1, 0.15) is 35.1 Å². The Labute approximate surface area is 110 Å². The van der Waals surface area contributed by atoms with Crippen LogP contribution in [0.5, 0.6) is 0 Å². The Balaban J connectivity index is 1.99. The van der Waals surface area contributed by atoms with E-state index in [0.717, 1.165) is 32.5 Å². The van der Waals surface area contributed by atoms with Crippen LogP contribution in [0.4, 0.5) is 0 Å². The van der Waals surface area contributed by atoms with Crippen molar-refractivity contribution in [1.82, 2.24) is 0 Å². The van der Waals surface area contributed by atoms with Crippen molar-refractivity contribution in [2.75, 3.05) is 13.2 Å². The van der Waals surface area contributed by atoms with Crippen LogP contribution >= 0.6 is 0 Å². The van der Waals surface area contributed by atoms with E-state index in [0.29, 0.717) is 5.92 Å². The fourth-order valence-corrected chi connectivity index (χ4v) is 3.00. The molecule has 1 saturated heterocycles. The average Bonchev–Trinajstić information content (AvgIpc) is 2.76. The molecule has 2 unspecified atom stereocenters. The molecule has 0 aromatic heterocycles. The number of benzene rings is 1. The molecule has 0 saturated carbocycles. The number of aliphatic hydroxyl groups excluding tert-OH is 1. The van der Waals surface area contributed by atoms with E-state index < -0.39 is 0 Å². The third-order valence-electron chi connectivity index (χ3n) is 3.91. The van der Waals surface area contributed by atoms with Crippen LogP contribution in [0, 0.1) is 26.7 Å². The Morgan fingerprint density at radius 3 is 2.50 bits per heavy atom. The van der Waals surface area contributed by atoms with Crippen molar-refractivity contribution in [3.05, 3.63) is 34.4 Å². The third kappa shape index (κ3) is 3.33. The summed E-state index contributed by atoms with van der Waals surface area (Å²) in [5, 5.41) is 10.2. The second kappa shape index (κ2) is 5.85. The van der Waals surface area contributed by atoms with Crippen molar-refractivity contribution < 1.29 is 9.84 Å². The van der Waals surface area contributed by atoms with Gasteiger partial charge in [0.1, 0.15) is 0 Å². The summed E-state index contributed by atoms with van der Waals surface area (Å²) in [6.07, 6.45) is 2.50. The van der Waals surface area contributed by atoms with Crippen LogP contribution in [0.25, 0.3) is 0 Å². The van der Waals surface area contributed by atoms with E-state index in [-0.39, 0.29) is 6.10 Å². The molecule has 0 amide bonds. The molecular formula is C16H24O2. The maximum atomic E-state index is 10.2. The molecule has 100 valence electrons. The lowest BCUT2D eigenvalue weighted by Crippen LogP contribution is -2.17. The summed E-state index contributed by atoms with van der Waals surface area (Å²) in [5.74, 6) is 0.547. The smallest absolute Gasteiger partial charge is 0.0584 e. The Morgan fingerprint density at radius 1 is 1.28 bits per heavy atom. The zero-order valence-corrected chi connectivity index (χ0v) is 11.7. The van der Waals surface area contributed by atoms with Gasteiger partial charge in [0.25, 0.3) is 0 Å². The Hall–Kier alpha value is -0.860. The normalized spacial score (nSPS) is 21.2. The van der Waals surface area contributed by atoms with Gasteiger partial charge in [0.05, 0.1) is 6.10 Å². The van der Waals surface area contributed by atoms with E-state index in [1.165, 1.54) is 22.3 Å². The first-order valence-corrected chi connectivity index (χ1v) is 6.89. The van der Waals surface area contributed by atoms with Gasteiger partial charge < -0.3 is 9.84 Å². The molecule has 0 spiro atoms. The van der Waals surface area contributed by atoms with Crippen molar-refractivity contribution in [1.29, 1.82) is 0 Å². The summed E-state index contributed by atoms with van der Waals surface area (Å²) in [6.45, 7) is 8.08. The molecule has 2 nitrogen and oxygen atoms in total. The van der Waals surface area contributed by atoms with E-state index in [1.807, 2.05) is 0 Å². The molecule has 1 N–H and O–H groups in total. The van der Waals surface area contributed by atoms with E-state index >= 15 is 0 Å². The highest BCUT2D eigenvalue weighted by atomic mass is 16.5. The van der Waals surface area contributed by atoms with E-state index in [1.54, 1.807) is 0 Å². The maximum absolute atomic E-state index is 10.2. The van der Waals surface area contributed by atoms with Gasteiger partial charge in [-0.25, -0.2) is 0 Å². The van der Waals surface area contributed by atoms with Gasteiger partial charge in [-0.3, -0.25) is 0 Å². The van der Waals surface area contributed by atoms with Gasteiger partial charge >= 0.3 is 0 Å². The molecule has 1 aromatic carbocycles. The summed E-state index contributed by atoms with van der Waals surface area (Å²) in [6, 6.07) is 4.40. The van der Waals surface area contributed by atoms with Crippen molar-refractivity contribution in [3.8, 4) is 0 Å². The largest absolute Gasteiger partial charge is 0.393 e. The molecule has 1 heterocycles. The first kappa shape index (κ1) is 13.6. The second-order valence-corrected chi connectivity index (χ2v) is 5.70. The summed E-state index contributed by atoms with van der Waals surface area (Å²) < 4.78 is 5.36. The van der Waals surface area contributed by atoms with Crippen molar-refractivity contribution >= 4 is 0 Å². The molecule has 18 heavy (non-hydrogen) atoms. The van der Waals surface area contributed by atoms with Crippen LogP contribution in [0.2, 0.25) is 0 Å². The highest BCUT2D eigenvalue weighted by Gasteiger charge is 2.20. The zero-order valence-electron chi connectivity index (χ0n) is 11.7. The maximum Gasteiger partial charge on any atom is 0.0584 e. The minimum Gasteiger partial charge on any atom is -0.393 e. The van der Waals surface area contributed by atoms with Crippen LogP contribution in [0.3, 0.4) is 0 Å². The molecule has 1 fully saturated rings. The predicted octanol–water partition coefficient (Wildman–Crippen LogP) is 2.94. The number of ether oxygens (including phenoxy) is 1. The van der Waals surface area contributed by atoms with E-state index in [2.05, 4.69) is 32.9 Å². The first-order chi connectivity index (χ1) is 8.56. The molecule has 1 aliphatic rings. The monoisotopic (exact) mass is 248 g/mol. The van der Waals surface area contributed by atoms with E-state index in [4.69, 9.17) is 4.74 Å². The van der Waals surface area contributed by atoms with Gasteiger partial charge in [-0.05, 0) is 62.6 Å². The highest BCUT2D eigenvalue weighted by molar-refractivity contribution is 5.37. The molecule has 0 bridgehead atoms. The van der Waals surface area contributed by atoms with Crippen molar-refractivity contribution in [3.63, 3.8) is 0 Å². The van der Waals surface area contributed by atoms with Crippen LogP contribution in [-0.4, -0.2) is 24.4 Å². The highest BCUT2D eigenvalue weighted by Crippen LogP contribution is 2.23. The molecule has 2 heteroatoms. The summed E-state index contributed by atoms with van der Waals surface area (Å²) >= 11 is 0. The second-order valence-electron chi connectivity index (χ2n) is 5.70. The fourth-order valence-electron chi connectivity index (χ4n) is 3.00. The quantitative estimate of drug-likeness (QED) is 0.887. The molecule has 0 radical (unpaired) electrons. The van der Waals surface area contributed by atoms with Crippen LogP contribution in [0.15, 0.2) is 12.1 Å².